The van der Waals surface area contributed by atoms with Gasteiger partial charge in [-0.2, -0.15) is 0 Å². The summed E-state index contributed by atoms with van der Waals surface area (Å²) in [5.41, 5.74) is 3.77. The third-order valence-corrected chi connectivity index (χ3v) is 3.48. The molecule has 0 unspecified atom stereocenters. The van der Waals surface area contributed by atoms with Crippen molar-refractivity contribution < 1.29 is 0 Å². The third-order valence-electron chi connectivity index (χ3n) is 3.48. The topological polar surface area (TPSA) is 54.2 Å². The molecule has 5 heteroatoms. The Morgan fingerprint density at radius 1 is 1.32 bits per heavy atom. The SMILES string of the molecule is CCNC(=NCc1ccn(C)c1)NCCc1ccncc1C. The van der Waals surface area contributed by atoms with Crippen molar-refractivity contribution in [2.75, 3.05) is 13.1 Å². The van der Waals surface area contributed by atoms with Gasteiger partial charge in [0, 0.05) is 44.9 Å². The van der Waals surface area contributed by atoms with Crippen LogP contribution in [0, 0.1) is 6.92 Å². The fraction of sp³-hybridized carbons (Fsp3) is 0.412. The number of aliphatic imine (C=N–C) groups is 1. The minimum atomic E-state index is 0.685. The van der Waals surface area contributed by atoms with Gasteiger partial charge in [0.25, 0.3) is 0 Å². The number of rotatable bonds is 6. The van der Waals surface area contributed by atoms with Gasteiger partial charge in [-0.1, -0.05) is 0 Å². The summed E-state index contributed by atoms with van der Waals surface area (Å²) >= 11 is 0. The minimum absolute atomic E-state index is 0.685. The van der Waals surface area contributed by atoms with Gasteiger partial charge in [-0.3, -0.25) is 4.98 Å². The molecule has 0 spiro atoms. The summed E-state index contributed by atoms with van der Waals surface area (Å²) < 4.78 is 2.04. The van der Waals surface area contributed by atoms with E-state index in [1.807, 2.05) is 30.2 Å². The van der Waals surface area contributed by atoms with Crippen LogP contribution in [0.5, 0.6) is 0 Å². The minimum Gasteiger partial charge on any atom is -0.357 e. The molecule has 118 valence electrons. The van der Waals surface area contributed by atoms with Crippen molar-refractivity contribution in [3.05, 3.63) is 53.6 Å². The largest absolute Gasteiger partial charge is 0.357 e. The van der Waals surface area contributed by atoms with Gasteiger partial charge in [0.2, 0.25) is 0 Å². The number of aromatic nitrogens is 2. The van der Waals surface area contributed by atoms with Crippen LogP contribution in [0.2, 0.25) is 0 Å². The maximum Gasteiger partial charge on any atom is 0.191 e. The first-order valence-electron chi connectivity index (χ1n) is 7.71. The number of aryl methyl sites for hydroxylation is 2. The first-order chi connectivity index (χ1) is 10.7. The molecule has 2 rings (SSSR count). The highest BCUT2D eigenvalue weighted by Gasteiger charge is 2.01. The van der Waals surface area contributed by atoms with Gasteiger partial charge >= 0.3 is 0 Å². The van der Waals surface area contributed by atoms with Crippen molar-refractivity contribution in [3.63, 3.8) is 0 Å². The zero-order chi connectivity index (χ0) is 15.8. The predicted octanol–water partition coefficient (Wildman–Crippen LogP) is 2.03. The number of pyridine rings is 1. The molecule has 0 atom stereocenters. The second kappa shape index (κ2) is 8.22. The van der Waals surface area contributed by atoms with Crippen molar-refractivity contribution in [3.8, 4) is 0 Å². The summed E-state index contributed by atoms with van der Waals surface area (Å²) in [4.78, 5) is 8.74. The van der Waals surface area contributed by atoms with Gasteiger partial charge in [0.15, 0.2) is 5.96 Å². The monoisotopic (exact) mass is 299 g/mol. The molecular weight excluding hydrogens is 274 g/mol. The Morgan fingerprint density at radius 2 is 2.18 bits per heavy atom. The Morgan fingerprint density at radius 3 is 2.86 bits per heavy atom. The van der Waals surface area contributed by atoms with E-state index in [9.17, 15) is 0 Å². The Kier molecular flexibility index (Phi) is 6.01. The van der Waals surface area contributed by atoms with Crippen LogP contribution in [-0.2, 0) is 20.0 Å². The Hall–Kier alpha value is -2.30. The smallest absolute Gasteiger partial charge is 0.191 e. The molecular formula is C17H25N5. The highest BCUT2D eigenvalue weighted by atomic mass is 15.2. The molecule has 0 radical (unpaired) electrons. The maximum atomic E-state index is 4.62. The number of hydrogen-bond donors (Lipinski definition) is 2. The van der Waals surface area contributed by atoms with E-state index >= 15 is 0 Å². The standard InChI is InChI=1S/C17H25N5/c1-4-19-17(21-12-15-7-10-22(3)13-15)20-9-6-16-5-8-18-11-14(16)2/h5,7-8,10-11,13H,4,6,9,12H2,1-3H3,(H2,19,20,21). The highest BCUT2D eigenvalue weighted by Crippen LogP contribution is 2.05. The lowest BCUT2D eigenvalue weighted by atomic mass is 10.1. The first kappa shape index (κ1) is 16.1. The molecule has 0 saturated heterocycles. The first-order valence-corrected chi connectivity index (χ1v) is 7.71. The fourth-order valence-corrected chi connectivity index (χ4v) is 2.26. The second-order valence-corrected chi connectivity index (χ2v) is 5.36. The molecule has 0 fully saturated rings. The summed E-state index contributed by atoms with van der Waals surface area (Å²) in [5.74, 6) is 0.859. The summed E-state index contributed by atoms with van der Waals surface area (Å²) in [5, 5.41) is 6.67. The summed E-state index contributed by atoms with van der Waals surface area (Å²) in [7, 11) is 2.02. The number of hydrogen-bond acceptors (Lipinski definition) is 2. The van der Waals surface area contributed by atoms with E-state index in [1.165, 1.54) is 16.7 Å². The molecule has 0 aliphatic rings. The van der Waals surface area contributed by atoms with Crippen LogP contribution in [0.1, 0.15) is 23.6 Å². The lowest BCUT2D eigenvalue weighted by Crippen LogP contribution is -2.38. The average molecular weight is 299 g/mol. The lowest BCUT2D eigenvalue weighted by Gasteiger charge is -2.11. The van der Waals surface area contributed by atoms with E-state index in [-0.39, 0.29) is 0 Å². The highest BCUT2D eigenvalue weighted by molar-refractivity contribution is 5.79. The van der Waals surface area contributed by atoms with Gasteiger partial charge in [-0.05, 0) is 49.1 Å². The Labute approximate surface area is 132 Å². The molecule has 2 N–H and O–H groups in total. The molecule has 2 heterocycles. The van der Waals surface area contributed by atoms with Crippen molar-refractivity contribution in [2.45, 2.75) is 26.8 Å². The predicted molar refractivity (Wildman–Crippen MR) is 90.9 cm³/mol. The molecule has 0 amide bonds. The summed E-state index contributed by atoms with van der Waals surface area (Å²) in [6.07, 6.45) is 8.84. The van der Waals surface area contributed by atoms with Crippen LogP contribution < -0.4 is 10.6 Å². The van der Waals surface area contributed by atoms with E-state index in [1.54, 1.807) is 0 Å². The average Bonchev–Trinajstić information content (AvgIpc) is 2.92. The van der Waals surface area contributed by atoms with Crippen molar-refractivity contribution in [1.29, 1.82) is 0 Å². The van der Waals surface area contributed by atoms with Crippen LogP contribution in [0.15, 0.2) is 41.9 Å². The van der Waals surface area contributed by atoms with Crippen LogP contribution in [0.4, 0.5) is 0 Å². The molecule has 2 aromatic heterocycles. The van der Waals surface area contributed by atoms with Gasteiger partial charge in [0.05, 0.1) is 6.54 Å². The van der Waals surface area contributed by atoms with Crippen LogP contribution in [0.3, 0.4) is 0 Å². The molecule has 0 aromatic carbocycles. The quantitative estimate of drug-likeness (QED) is 0.634. The molecule has 0 bridgehead atoms. The van der Waals surface area contributed by atoms with Crippen molar-refractivity contribution in [1.82, 2.24) is 20.2 Å². The summed E-state index contributed by atoms with van der Waals surface area (Å²) in [6.45, 7) is 6.56. The lowest BCUT2D eigenvalue weighted by molar-refractivity contribution is 0.796. The van der Waals surface area contributed by atoms with E-state index in [0.717, 1.165) is 25.5 Å². The van der Waals surface area contributed by atoms with Crippen LogP contribution in [0.25, 0.3) is 0 Å². The third kappa shape index (κ3) is 4.91. The van der Waals surface area contributed by atoms with Crippen LogP contribution in [-0.4, -0.2) is 28.6 Å². The molecule has 22 heavy (non-hydrogen) atoms. The molecule has 2 aromatic rings. The van der Waals surface area contributed by atoms with Crippen molar-refractivity contribution in [2.24, 2.45) is 12.0 Å². The van der Waals surface area contributed by atoms with E-state index < -0.39 is 0 Å². The molecule has 5 nitrogen and oxygen atoms in total. The van der Waals surface area contributed by atoms with E-state index in [2.05, 4.69) is 52.8 Å². The Balaban J connectivity index is 1.87. The van der Waals surface area contributed by atoms with Gasteiger partial charge in [-0.25, -0.2) is 4.99 Å². The number of nitrogens with one attached hydrogen (secondary N) is 2. The maximum absolute atomic E-state index is 4.62. The Bertz CT molecular complexity index is 615. The number of nitrogens with zero attached hydrogens (tertiary/aromatic N) is 3. The van der Waals surface area contributed by atoms with Gasteiger partial charge < -0.3 is 15.2 Å². The summed E-state index contributed by atoms with van der Waals surface area (Å²) in [6, 6.07) is 4.17. The molecule has 0 aliphatic heterocycles. The van der Waals surface area contributed by atoms with Gasteiger partial charge in [-0.15, -0.1) is 0 Å². The normalized spacial score (nSPS) is 11.5. The zero-order valence-corrected chi connectivity index (χ0v) is 13.6. The fourth-order valence-electron chi connectivity index (χ4n) is 2.26. The second-order valence-electron chi connectivity index (χ2n) is 5.36. The van der Waals surface area contributed by atoms with Crippen LogP contribution >= 0.6 is 0 Å². The molecule has 0 aliphatic carbocycles. The number of guanidine groups is 1. The molecule has 0 saturated carbocycles. The van der Waals surface area contributed by atoms with E-state index in [0.29, 0.717) is 6.54 Å². The zero-order valence-electron chi connectivity index (χ0n) is 13.6. The van der Waals surface area contributed by atoms with Gasteiger partial charge in [0.1, 0.15) is 0 Å². The van der Waals surface area contributed by atoms with E-state index in [4.69, 9.17) is 0 Å². The van der Waals surface area contributed by atoms with Crippen molar-refractivity contribution >= 4 is 5.96 Å².